The van der Waals surface area contributed by atoms with Crippen molar-refractivity contribution in [1.29, 1.82) is 0 Å². The molecule has 0 bridgehead atoms. The van der Waals surface area contributed by atoms with Gasteiger partial charge in [0.25, 0.3) is 0 Å². The molecule has 2 aromatic rings. The number of anilines is 1. The third kappa shape index (κ3) is 3.75. The molecule has 0 saturated heterocycles. The highest BCUT2D eigenvalue weighted by Crippen LogP contribution is 2.25. The van der Waals surface area contributed by atoms with E-state index in [1.54, 1.807) is 6.07 Å². The maximum Gasteiger partial charge on any atom is 0.167 e. The standard InChI is InChI=1S/C18H22FNO/c1-5-21-18-9-8-16(11-17(18)19)20-14(4)15-7-6-12(2)13(3)10-15/h6-11,14,20H,5H2,1-4H3. The van der Waals surface area contributed by atoms with Crippen LogP contribution in [0.1, 0.15) is 36.6 Å². The van der Waals surface area contributed by atoms with E-state index in [4.69, 9.17) is 4.74 Å². The molecule has 2 aromatic carbocycles. The number of benzene rings is 2. The van der Waals surface area contributed by atoms with E-state index in [-0.39, 0.29) is 11.9 Å². The summed E-state index contributed by atoms with van der Waals surface area (Å²) in [7, 11) is 0. The summed E-state index contributed by atoms with van der Waals surface area (Å²) in [4.78, 5) is 0. The number of nitrogens with one attached hydrogen (secondary N) is 1. The molecule has 0 spiro atoms. The maximum atomic E-state index is 13.8. The molecule has 0 radical (unpaired) electrons. The molecule has 0 aromatic heterocycles. The van der Waals surface area contributed by atoms with Crippen LogP contribution in [0.5, 0.6) is 5.75 Å². The Morgan fingerprint density at radius 1 is 1.10 bits per heavy atom. The number of hydrogen-bond donors (Lipinski definition) is 1. The van der Waals surface area contributed by atoms with Crippen molar-refractivity contribution < 1.29 is 9.13 Å². The molecule has 0 fully saturated rings. The summed E-state index contributed by atoms with van der Waals surface area (Å²) in [6.45, 7) is 8.57. The van der Waals surface area contributed by atoms with Crippen LogP contribution in [0, 0.1) is 19.7 Å². The van der Waals surface area contributed by atoms with Gasteiger partial charge in [-0.25, -0.2) is 4.39 Å². The second kappa shape index (κ2) is 6.61. The van der Waals surface area contributed by atoms with Gasteiger partial charge in [-0.3, -0.25) is 0 Å². The van der Waals surface area contributed by atoms with E-state index in [0.717, 1.165) is 5.69 Å². The van der Waals surface area contributed by atoms with Crippen molar-refractivity contribution >= 4 is 5.69 Å². The van der Waals surface area contributed by atoms with Gasteiger partial charge in [0.1, 0.15) is 0 Å². The van der Waals surface area contributed by atoms with Crippen molar-refractivity contribution in [3.63, 3.8) is 0 Å². The highest BCUT2D eigenvalue weighted by molar-refractivity contribution is 5.49. The van der Waals surface area contributed by atoms with Crippen molar-refractivity contribution in [1.82, 2.24) is 0 Å². The molecule has 0 heterocycles. The van der Waals surface area contributed by atoms with Crippen LogP contribution in [0.3, 0.4) is 0 Å². The molecule has 0 aliphatic rings. The van der Waals surface area contributed by atoms with Crippen LogP contribution in [0.2, 0.25) is 0 Å². The summed E-state index contributed by atoms with van der Waals surface area (Å²) >= 11 is 0. The van der Waals surface area contributed by atoms with Gasteiger partial charge in [-0.05, 0) is 56.5 Å². The van der Waals surface area contributed by atoms with E-state index in [1.807, 2.05) is 13.0 Å². The molecule has 2 nitrogen and oxygen atoms in total. The Morgan fingerprint density at radius 2 is 1.86 bits per heavy atom. The van der Waals surface area contributed by atoms with Crippen LogP contribution in [-0.4, -0.2) is 6.61 Å². The summed E-state index contributed by atoms with van der Waals surface area (Å²) in [6.07, 6.45) is 0. The largest absolute Gasteiger partial charge is 0.491 e. The van der Waals surface area contributed by atoms with Crippen LogP contribution in [0.25, 0.3) is 0 Å². The molecule has 1 unspecified atom stereocenters. The topological polar surface area (TPSA) is 21.3 Å². The Hall–Kier alpha value is -2.03. The normalized spacial score (nSPS) is 12.0. The molecule has 112 valence electrons. The minimum absolute atomic E-state index is 0.113. The monoisotopic (exact) mass is 287 g/mol. The van der Waals surface area contributed by atoms with Gasteiger partial charge in [0.05, 0.1) is 6.61 Å². The molecule has 3 heteroatoms. The van der Waals surface area contributed by atoms with Crippen LogP contribution in [0.15, 0.2) is 36.4 Å². The van der Waals surface area contributed by atoms with Crippen LogP contribution >= 0.6 is 0 Å². The molecular formula is C18H22FNO. The third-order valence-electron chi connectivity index (χ3n) is 3.65. The van der Waals surface area contributed by atoms with Gasteiger partial charge < -0.3 is 10.1 Å². The zero-order valence-corrected chi connectivity index (χ0v) is 13.0. The number of halogens is 1. The van der Waals surface area contributed by atoms with Gasteiger partial charge in [-0.1, -0.05) is 18.2 Å². The molecule has 21 heavy (non-hydrogen) atoms. The number of ether oxygens (including phenoxy) is 1. The number of aryl methyl sites for hydroxylation is 2. The molecule has 1 N–H and O–H groups in total. The van der Waals surface area contributed by atoms with Crippen molar-refractivity contribution in [3.05, 3.63) is 58.9 Å². The predicted molar refractivity (Wildman–Crippen MR) is 85.5 cm³/mol. The van der Waals surface area contributed by atoms with Gasteiger partial charge in [-0.15, -0.1) is 0 Å². The van der Waals surface area contributed by atoms with Gasteiger partial charge in [-0.2, -0.15) is 0 Å². The lowest BCUT2D eigenvalue weighted by Gasteiger charge is -2.17. The number of rotatable bonds is 5. The Bertz CT molecular complexity index is 625. The van der Waals surface area contributed by atoms with E-state index < -0.39 is 0 Å². The molecular weight excluding hydrogens is 265 g/mol. The van der Waals surface area contributed by atoms with Gasteiger partial charge >= 0.3 is 0 Å². The average Bonchev–Trinajstić information content (AvgIpc) is 2.45. The number of hydrogen-bond acceptors (Lipinski definition) is 2. The summed E-state index contributed by atoms with van der Waals surface area (Å²) < 4.78 is 19.0. The van der Waals surface area contributed by atoms with Gasteiger partial charge in [0, 0.05) is 17.8 Å². The van der Waals surface area contributed by atoms with Crippen LogP contribution in [0.4, 0.5) is 10.1 Å². The lowest BCUT2D eigenvalue weighted by molar-refractivity contribution is 0.321. The van der Waals surface area contributed by atoms with Crippen molar-refractivity contribution in [2.24, 2.45) is 0 Å². The average molecular weight is 287 g/mol. The Morgan fingerprint density at radius 3 is 2.48 bits per heavy atom. The zero-order chi connectivity index (χ0) is 15.4. The van der Waals surface area contributed by atoms with Gasteiger partial charge in [0.2, 0.25) is 0 Å². The smallest absolute Gasteiger partial charge is 0.167 e. The second-order valence-corrected chi connectivity index (χ2v) is 5.29. The quantitative estimate of drug-likeness (QED) is 0.834. The zero-order valence-electron chi connectivity index (χ0n) is 13.0. The Kier molecular flexibility index (Phi) is 4.84. The Balaban J connectivity index is 2.13. The van der Waals surface area contributed by atoms with E-state index >= 15 is 0 Å². The molecule has 0 saturated carbocycles. The molecule has 0 amide bonds. The fourth-order valence-corrected chi connectivity index (χ4v) is 2.23. The van der Waals surface area contributed by atoms with Crippen molar-refractivity contribution in [2.75, 3.05) is 11.9 Å². The highest BCUT2D eigenvalue weighted by Gasteiger charge is 2.09. The summed E-state index contributed by atoms with van der Waals surface area (Å²) in [6, 6.07) is 11.5. The molecule has 0 aliphatic carbocycles. The van der Waals surface area contributed by atoms with Crippen molar-refractivity contribution in [2.45, 2.75) is 33.7 Å². The minimum Gasteiger partial charge on any atom is -0.491 e. The first-order valence-electron chi connectivity index (χ1n) is 7.27. The SMILES string of the molecule is CCOc1ccc(NC(C)c2ccc(C)c(C)c2)cc1F. The summed E-state index contributed by atoms with van der Waals surface area (Å²) in [5.41, 5.74) is 4.48. The Labute approximate surface area is 126 Å². The second-order valence-electron chi connectivity index (χ2n) is 5.29. The lowest BCUT2D eigenvalue weighted by atomic mass is 10.0. The fraction of sp³-hybridized carbons (Fsp3) is 0.333. The molecule has 2 rings (SSSR count). The van der Waals surface area contributed by atoms with Crippen LogP contribution < -0.4 is 10.1 Å². The van der Waals surface area contributed by atoms with E-state index in [1.165, 1.54) is 22.8 Å². The summed E-state index contributed by atoms with van der Waals surface area (Å²) in [5.74, 6) is -0.0454. The molecule has 1 atom stereocenters. The summed E-state index contributed by atoms with van der Waals surface area (Å²) in [5, 5.41) is 3.32. The lowest BCUT2D eigenvalue weighted by Crippen LogP contribution is -2.07. The highest BCUT2D eigenvalue weighted by atomic mass is 19.1. The maximum absolute atomic E-state index is 13.8. The molecule has 0 aliphatic heterocycles. The van der Waals surface area contributed by atoms with E-state index in [2.05, 4.69) is 44.3 Å². The predicted octanol–water partition coefficient (Wildman–Crippen LogP) is 5.01. The third-order valence-corrected chi connectivity index (χ3v) is 3.65. The fourth-order valence-electron chi connectivity index (χ4n) is 2.23. The first-order chi connectivity index (χ1) is 10.0. The minimum atomic E-state index is -0.339. The first-order valence-corrected chi connectivity index (χ1v) is 7.27. The van der Waals surface area contributed by atoms with E-state index in [0.29, 0.717) is 12.4 Å². The first kappa shape index (κ1) is 15.4. The van der Waals surface area contributed by atoms with Gasteiger partial charge in [0.15, 0.2) is 11.6 Å². The van der Waals surface area contributed by atoms with E-state index in [9.17, 15) is 4.39 Å². The van der Waals surface area contributed by atoms with Crippen molar-refractivity contribution in [3.8, 4) is 5.75 Å². The van der Waals surface area contributed by atoms with Crippen LogP contribution in [-0.2, 0) is 0 Å².